The minimum Gasteiger partial charge on any atom is -0.481 e. The number of carbonyl (C=O) groups is 1. The Morgan fingerprint density at radius 3 is 2.47 bits per heavy atom. The number of rotatable bonds is 10. The molecule has 3 atom stereocenters. The smallest absolute Gasteiger partial charge is 0.307 e. The van der Waals surface area contributed by atoms with Gasteiger partial charge in [-0.15, -0.1) is 10.2 Å². The van der Waals surface area contributed by atoms with E-state index < -0.39 is 11.9 Å². The Bertz CT molecular complexity index is 798. The number of H-pyrrole nitrogens is 1. The zero-order valence-corrected chi connectivity index (χ0v) is 18.1. The van der Waals surface area contributed by atoms with Crippen LogP contribution in [0.25, 0.3) is 0 Å². The molecule has 2 fully saturated rings. The molecule has 3 heterocycles. The molecule has 1 aromatic heterocycles. The van der Waals surface area contributed by atoms with E-state index in [4.69, 9.17) is 0 Å². The summed E-state index contributed by atoms with van der Waals surface area (Å²) in [5, 5.41) is 31.4. The number of carboxylic acid groups (broad SMARTS) is 1. The van der Waals surface area contributed by atoms with E-state index in [0.29, 0.717) is 30.5 Å². The minimum atomic E-state index is -0.770. The lowest BCUT2D eigenvalue weighted by Crippen LogP contribution is -2.28. The van der Waals surface area contributed by atoms with E-state index in [2.05, 4.69) is 55.5 Å². The Labute approximate surface area is 191 Å². The van der Waals surface area contributed by atoms with Crippen molar-refractivity contribution in [3.63, 3.8) is 0 Å². The maximum atomic E-state index is 12.2. The van der Waals surface area contributed by atoms with Crippen LogP contribution in [0.1, 0.15) is 74.7 Å². The second-order valence-electron chi connectivity index (χ2n) is 9.08. The molecule has 32 heavy (non-hydrogen) atoms. The molecular formula is C24H38N6O2. The molecule has 2 aliphatic rings. The minimum absolute atomic E-state index is 0. The second kappa shape index (κ2) is 12.1. The van der Waals surface area contributed by atoms with E-state index in [0.717, 1.165) is 44.6 Å². The third-order valence-corrected chi connectivity index (χ3v) is 7.05. The molecule has 1 aromatic carbocycles. The molecule has 0 amide bonds. The van der Waals surface area contributed by atoms with Gasteiger partial charge >= 0.3 is 5.97 Å². The zero-order valence-electron chi connectivity index (χ0n) is 18.1. The molecule has 0 bridgehead atoms. The van der Waals surface area contributed by atoms with Gasteiger partial charge in [-0.3, -0.25) is 4.79 Å². The number of aliphatic carboxylic acids is 1. The predicted molar refractivity (Wildman–Crippen MR) is 125 cm³/mol. The van der Waals surface area contributed by atoms with Crippen LogP contribution in [0.5, 0.6) is 0 Å². The van der Waals surface area contributed by atoms with E-state index in [-0.39, 0.29) is 13.3 Å². The lowest BCUT2D eigenvalue weighted by Gasteiger charge is -2.25. The summed E-state index contributed by atoms with van der Waals surface area (Å²) >= 11 is 0. The van der Waals surface area contributed by atoms with Gasteiger partial charge in [0, 0.05) is 12.5 Å². The van der Waals surface area contributed by atoms with Crippen molar-refractivity contribution in [1.29, 1.82) is 0 Å². The van der Waals surface area contributed by atoms with Gasteiger partial charge in [0.15, 0.2) is 5.82 Å². The van der Waals surface area contributed by atoms with E-state index >= 15 is 0 Å². The van der Waals surface area contributed by atoms with Crippen LogP contribution in [-0.2, 0) is 11.2 Å². The molecule has 2 saturated heterocycles. The van der Waals surface area contributed by atoms with Crippen LogP contribution in [0.2, 0.25) is 0 Å². The molecule has 4 N–H and O–H groups in total. The molecule has 2 aromatic rings. The number of hydrogen-bond donors (Lipinski definition) is 4. The molecule has 2 aliphatic heterocycles. The first-order valence-corrected chi connectivity index (χ1v) is 11.7. The van der Waals surface area contributed by atoms with Crippen LogP contribution >= 0.6 is 0 Å². The highest BCUT2D eigenvalue weighted by Gasteiger charge is 2.32. The fraction of sp³-hybridized carbons (Fsp3) is 0.667. The van der Waals surface area contributed by atoms with Crippen LogP contribution in [-0.4, -0.2) is 57.9 Å². The average molecular weight is 443 g/mol. The van der Waals surface area contributed by atoms with Crippen LogP contribution in [0.4, 0.5) is 0 Å². The fourth-order valence-electron chi connectivity index (χ4n) is 5.15. The summed E-state index contributed by atoms with van der Waals surface area (Å²) < 4.78 is 0. The van der Waals surface area contributed by atoms with Crippen molar-refractivity contribution >= 4 is 5.97 Å². The van der Waals surface area contributed by atoms with Gasteiger partial charge in [0.05, 0.1) is 5.92 Å². The van der Waals surface area contributed by atoms with Gasteiger partial charge in [-0.2, -0.15) is 5.21 Å². The number of nitrogens with zero attached hydrogens (tertiary/aromatic N) is 3. The molecule has 0 spiro atoms. The SMILES string of the molecule is C.O=C(O)[C@@H](CCCC1CCNCC1)[C@H](Cc1ccc(C2CCNC2)cc1)c1nn[nH]n1. The van der Waals surface area contributed by atoms with Gasteiger partial charge in [0.25, 0.3) is 0 Å². The van der Waals surface area contributed by atoms with Crippen molar-refractivity contribution < 1.29 is 9.90 Å². The Morgan fingerprint density at radius 2 is 1.84 bits per heavy atom. The summed E-state index contributed by atoms with van der Waals surface area (Å²) in [7, 11) is 0. The molecule has 0 radical (unpaired) electrons. The summed E-state index contributed by atoms with van der Waals surface area (Å²) in [6.45, 7) is 4.25. The van der Waals surface area contributed by atoms with Crippen molar-refractivity contribution in [3.05, 3.63) is 41.2 Å². The van der Waals surface area contributed by atoms with Crippen LogP contribution in [0, 0.1) is 11.8 Å². The predicted octanol–water partition coefficient (Wildman–Crippen LogP) is 3.11. The first-order chi connectivity index (χ1) is 15.2. The Kier molecular flexibility index (Phi) is 9.17. The molecule has 1 unspecified atom stereocenters. The molecule has 8 heteroatoms. The standard InChI is InChI=1S/C23H34N6O2.CH4/c30-23(31)20(3-1-2-16-8-11-24-12-9-16)21(22-26-28-29-27-22)14-17-4-6-18(7-5-17)19-10-13-25-15-19;/h4-7,16,19-21,24-25H,1-3,8-15H2,(H,30,31)(H,26,27,28,29);1H4/t19?,20-,21-;/m0./s1. The number of hydrogen-bond acceptors (Lipinski definition) is 6. The highest BCUT2D eigenvalue weighted by molar-refractivity contribution is 5.71. The molecule has 4 rings (SSSR count). The van der Waals surface area contributed by atoms with Gasteiger partial charge in [-0.05, 0) is 74.7 Å². The summed E-state index contributed by atoms with van der Waals surface area (Å²) in [5.74, 6) is 0.203. The van der Waals surface area contributed by atoms with Gasteiger partial charge < -0.3 is 15.7 Å². The van der Waals surface area contributed by atoms with Crippen molar-refractivity contribution in [1.82, 2.24) is 31.3 Å². The van der Waals surface area contributed by atoms with Gasteiger partial charge in [0.1, 0.15) is 0 Å². The first-order valence-electron chi connectivity index (χ1n) is 11.7. The highest BCUT2D eigenvalue weighted by Crippen LogP contribution is 2.32. The number of tetrazole rings is 1. The largest absolute Gasteiger partial charge is 0.481 e. The second-order valence-corrected chi connectivity index (χ2v) is 9.08. The summed E-state index contributed by atoms with van der Waals surface area (Å²) in [4.78, 5) is 12.2. The molecular weight excluding hydrogens is 404 g/mol. The van der Waals surface area contributed by atoms with Crippen LogP contribution in [0.3, 0.4) is 0 Å². The number of aromatic nitrogens is 4. The highest BCUT2D eigenvalue weighted by atomic mass is 16.4. The fourth-order valence-corrected chi connectivity index (χ4v) is 5.15. The Hall–Kier alpha value is -2.32. The summed E-state index contributed by atoms with van der Waals surface area (Å²) in [5.41, 5.74) is 2.47. The molecule has 8 nitrogen and oxygen atoms in total. The van der Waals surface area contributed by atoms with E-state index in [1.54, 1.807) is 0 Å². The van der Waals surface area contributed by atoms with E-state index in [1.165, 1.54) is 24.8 Å². The lowest BCUT2D eigenvalue weighted by atomic mass is 9.81. The number of aromatic amines is 1. The molecule has 0 saturated carbocycles. The molecule has 176 valence electrons. The number of piperidine rings is 1. The third kappa shape index (κ3) is 6.36. The van der Waals surface area contributed by atoms with Crippen molar-refractivity contribution in [2.75, 3.05) is 26.2 Å². The van der Waals surface area contributed by atoms with E-state index in [1.807, 2.05) is 0 Å². The lowest BCUT2D eigenvalue weighted by molar-refractivity contribution is -0.143. The van der Waals surface area contributed by atoms with Crippen molar-refractivity contribution in [3.8, 4) is 0 Å². The van der Waals surface area contributed by atoms with Crippen molar-refractivity contribution in [2.45, 2.75) is 64.2 Å². The normalized spacial score (nSPS) is 21.1. The zero-order chi connectivity index (χ0) is 21.5. The number of carboxylic acids is 1. The topological polar surface area (TPSA) is 116 Å². The number of nitrogens with one attached hydrogen (secondary N) is 3. The Morgan fingerprint density at radius 1 is 1.09 bits per heavy atom. The quantitative estimate of drug-likeness (QED) is 0.447. The van der Waals surface area contributed by atoms with E-state index in [9.17, 15) is 9.90 Å². The third-order valence-electron chi connectivity index (χ3n) is 7.05. The first kappa shape index (κ1) is 24.3. The number of benzene rings is 1. The summed E-state index contributed by atoms with van der Waals surface area (Å²) in [6, 6.07) is 8.64. The molecule has 0 aliphatic carbocycles. The maximum Gasteiger partial charge on any atom is 0.307 e. The van der Waals surface area contributed by atoms with Gasteiger partial charge in [-0.1, -0.05) is 49.7 Å². The van der Waals surface area contributed by atoms with Crippen LogP contribution < -0.4 is 10.6 Å². The maximum absolute atomic E-state index is 12.2. The van der Waals surface area contributed by atoms with Crippen molar-refractivity contribution in [2.24, 2.45) is 11.8 Å². The van der Waals surface area contributed by atoms with Gasteiger partial charge in [0.2, 0.25) is 0 Å². The summed E-state index contributed by atoms with van der Waals surface area (Å²) in [6.07, 6.45) is 6.81. The Balaban J connectivity index is 0.00000289. The monoisotopic (exact) mass is 442 g/mol. The average Bonchev–Trinajstić information content (AvgIpc) is 3.51. The van der Waals surface area contributed by atoms with Crippen LogP contribution in [0.15, 0.2) is 24.3 Å². The van der Waals surface area contributed by atoms with Gasteiger partial charge in [-0.25, -0.2) is 0 Å².